The van der Waals surface area contributed by atoms with Gasteiger partial charge in [-0.05, 0) is 48.6 Å². The maximum Gasteiger partial charge on any atom is 0.287 e. The van der Waals surface area contributed by atoms with Crippen molar-refractivity contribution in [3.8, 4) is 0 Å². The molecule has 0 aliphatic rings. The Labute approximate surface area is 170 Å². The molecule has 2 aromatic heterocycles. The van der Waals surface area contributed by atoms with Gasteiger partial charge in [0.05, 0.1) is 24.1 Å². The summed E-state index contributed by atoms with van der Waals surface area (Å²) in [5.41, 5.74) is 4.07. The molecule has 0 fully saturated rings. The fraction of sp³-hybridized carbons (Fsp3) is 0.318. The minimum absolute atomic E-state index is 0.0795. The Balaban J connectivity index is 1.67. The SMILES string of the molecule is Cc1cnc(CNC(=O)c2ccc(Sc3cc(C(C)(C)C)ccc3C)o2)cn1. The van der Waals surface area contributed by atoms with Gasteiger partial charge in [-0.15, -0.1) is 0 Å². The topological polar surface area (TPSA) is 68.0 Å². The van der Waals surface area contributed by atoms with Crippen molar-refractivity contribution in [3.63, 3.8) is 0 Å². The van der Waals surface area contributed by atoms with E-state index in [-0.39, 0.29) is 17.1 Å². The van der Waals surface area contributed by atoms with Crippen molar-refractivity contribution in [1.29, 1.82) is 0 Å². The number of amides is 1. The lowest BCUT2D eigenvalue weighted by molar-refractivity contribution is 0.0917. The first kappa shape index (κ1) is 20.1. The van der Waals surface area contributed by atoms with E-state index in [1.165, 1.54) is 22.9 Å². The Bertz CT molecular complexity index is 972. The van der Waals surface area contributed by atoms with Gasteiger partial charge in [-0.1, -0.05) is 44.7 Å². The number of nitrogens with zero attached hydrogens (tertiary/aromatic N) is 2. The van der Waals surface area contributed by atoms with Gasteiger partial charge in [-0.25, -0.2) is 0 Å². The molecule has 0 bridgehead atoms. The number of aromatic nitrogens is 2. The van der Waals surface area contributed by atoms with Crippen molar-refractivity contribution in [2.24, 2.45) is 0 Å². The van der Waals surface area contributed by atoms with E-state index in [1.807, 2.05) is 13.0 Å². The van der Waals surface area contributed by atoms with E-state index < -0.39 is 0 Å². The van der Waals surface area contributed by atoms with Gasteiger partial charge >= 0.3 is 0 Å². The maximum absolute atomic E-state index is 12.3. The van der Waals surface area contributed by atoms with Crippen LogP contribution in [-0.2, 0) is 12.0 Å². The summed E-state index contributed by atoms with van der Waals surface area (Å²) in [5, 5.41) is 3.50. The van der Waals surface area contributed by atoms with E-state index in [1.54, 1.807) is 18.5 Å². The Hall–Kier alpha value is -2.60. The van der Waals surface area contributed by atoms with Crippen molar-refractivity contribution in [1.82, 2.24) is 15.3 Å². The fourth-order valence-corrected chi connectivity index (χ4v) is 3.45. The molecule has 3 rings (SSSR count). The van der Waals surface area contributed by atoms with Gasteiger partial charge < -0.3 is 9.73 Å². The van der Waals surface area contributed by atoms with Crippen molar-refractivity contribution in [3.05, 3.63) is 71.0 Å². The molecule has 0 radical (unpaired) electrons. The van der Waals surface area contributed by atoms with Gasteiger partial charge in [-0.2, -0.15) is 0 Å². The summed E-state index contributed by atoms with van der Waals surface area (Å²) < 4.78 is 5.75. The molecular weight excluding hydrogens is 370 g/mol. The van der Waals surface area contributed by atoms with Crippen LogP contribution >= 0.6 is 11.8 Å². The first-order valence-corrected chi connectivity index (χ1v) is 9.98. The predicted octanol–water partition coefficient (Wildman–Crippen LogP) is 5.07. The van der Waals surface area contributed by atoms with Crippen LogP contribution < -0.4 is 5.32 Å². The van der Waals surface area contributed by atoms with E-state index in [0.29, 0.717) is 17.3 Å². The second kappa shape index (κ2) is 8.19. The van der Waals surface area contributed by atoms with E-state index in [4.69, 9.17) is 4.42 Å². The lowest BCUT2D eigenvalue weighted by atomic mass is 9.87. The normalized spacial score (nSPS) is 11.5. The second-order valence-corrected chi connectivity index (χ2v) is 8.83. The monoisotopic (exact) mass is 395 g/mol. The first-order valence-electron chi connectivity index (χ1n) is 9.17. The maximum atomic E-state index is 12.3. The molecule has 5 nitrogen and oxygen atoms in total. The van der Waals surface area contributed by atoms with Crippen LogP contribution in [0.15, 0.2) is 57.1 Å². The van der Waals surface area contributed by atoms with Crippen LogP contribution in [0.1, 0.15) is 53.8 Å². The third-order valence-corrected chi connectivity index (χ3v) is 5.41. The Morgan fingerprint density at radius 1 is 1.11 bits per heavy atom. The highest BCUT2D eigenvalue weighted by Crippen LogP contribution is 2.34. The van der Waals surface area contributed by atoms with Gasteiger partial charge in [0, 0.05) is 11.1 Å². The van der Waals surface area contributed by atoms with Crippen molar-refractivity contribution in [2.45, 2.75) is 56.6 Å². The molecule has 28 heavy (non-hydrogen) atoms. The quantitative estimate of drug-likeness (QED) is 0.653. The first-order chi connectivity index (χ1) is 13.2. The van der Waals surface area contributed by atoms with E-state index in [2.05, 4.69) is 61.2 Å². The number of benzene rings is 1. The summed E-state index contributed by atoms with van der Waals surface area (Å²) in [7, 11) is 0. The molecule has 0 spiro atoms. The molecule has 0 aliphatic heterocycles. The molecule has 0 aliphatic carbocycles. The number of nitrogens with one attached hydrogen (secondary N) is 1. The van der Waals surface area contributed by atoms with Crippen LogP contribution in [0.4, 0.5) is 0 Å². The van der Waals surface area contributed by atoms with Crippen LogP contribution in [0.3, 0.4) is 0 Å². The number of carbonyl (C=O) groups is 1. The van der Waals surface area contributed by atoms with Gasteiger partial charge in [0.1, 0.15) is 0 Å². The molecule has 0 saturated carbocycles. The Morgan fingerprint density at radius 2 is 1.89 bits per heavy atom. The van der Waals surface area contributed by atoms with E-state index in [0.717, 1.165) is 10.6 Å². The molecule has 1 aromatic carbocycles. The molecule has 0 saturated heterocycles. The fourth-order valence-electron chi connectivity index (χ4n) is 2.55. The van der Waals surface area contributed by atoms with Crippen LogP contribution in [-0.4, -0.2) is 15.9 Å². The summed E-state index contributed by atoms with van der Waals surface area (Å²) in [5.74, 6) is 0.0154. The Morgan fingerprint density at radius 3 is 2.57 bits per heavy atom. The third-order valence-electron chi connectivity index (χ3n) is 4.33. The van der Waals surface area contributed by atoms with Gasteiger partial charge in [0.25, 0.3) is 5.91 Å². The van der Waals surface area contributed by atoms with Gasteiger partial charge in [0.2, 0.25) is 0 Å². The zero-order valence-electron chi connectivity index (χ0n) is 16.9. The summed E-state index contributed by atoms with van der Waals surface area (Å²) in [6.45, 7) is 10.8. The molecule has 3 aromatic rings. The molecule has 0 atom stereocenters. The van der Waals surface area contributed by atoms with E-state index in [9.17, 15) is 4.79 Å². The third kappa shape index (κ3) is 5.01. The number of aryl methyl sites for hydroxylation is 2. The van der Waals surface area contributed by atoms with Crippen LogP contribution in [0.2, 0.25) is 0 Å². The Kier molecular flexibility index (Phi) is 5.89. The predicted molar refractivity (Wildman–Crippen MR) is 111 cm³/mol. The molecule has 6 heteroatoms. The smallest absolute Gasteiger partial charge is 0.287 e. The molecule has 1 amide bonds. The lowest BCUT2D eigenvalue weighted by Crippen LogP contribution is -2.22. The second-order valence-electron chi connectivity index (χ2n) is 7.78. The summed E-state index contributed by atoms with van der Waals surface area (Å²) >= 11 is 1.53. The zero-order chi connectivity index (χ0) is 20.3. The zero-order valence-corrected chi connectivity index (χ0v) is 17.7. The van der Waals surface area contributed by atoms with E-state index >= 15 is 0 Å². The number of hydrogen-bond acceptors (Lipinski definition) is 5. The minimum atomic E-state index is -0.269. The van der Waals surface area contributed by atoms with Crippen LogP contribution in [0.25, 0.3) is 0 Å². The molecule has 1 N–H and O–H groups in total. The van der Waals surface area contributed by atoms with Crippen molar-refractivity contribution in [2.75, 3.05) is 0 Å². The highest BCUT2D eigenvalue weighted by atomic mass is 32.2. The molecule has 0 unspecified atom stereocenters. The summed E-state index contributed by atoms with van der Waals surface area (Å²) in [6.07, 6.45) is 3.33. The standard InChI is InChI=1S/C22H25N3O2S/c1-14-6-7-16(22(3,4)5)10-19(14)28-20-9-8-18(27-20)21(26)25-13-17-12-23-15(2)11-24-17/h6-12H,13H2,1-5H3,(H,25,26). The van der Waals surface area contributed by atoms with Gasteiger partial charge in [0.15, 0.2) is 10.9 Å². The van der Waals surface area contributed by atoms with Crippen molar-refractivity contribution < 1.29 is 9.21 Å². The largest absolute Gasteiger partial charge is 0.444 e. The summed E-state index contributed by atoms with van der Waals surface area (Å²) in [6, 6.07) is 10.0. The number of hydrogen-bond donors (Lipinski definition) is 1. The molecular formula is C22H25N3O2S. The minimum Gasteiger partial charge on any atom is -0.444 e. The highest BCUT2D eigenvalue weighted by Gasteiger charge is 2.17. The number of rotatable bonds is 5. The lowest BCUT2D eigenvalue weighted by Gasteiger charge is -2.20. The molecule has 146 valence electrons. The summed E-state index contributed by atoms with van der Waals surface area (Å²) in [4.78, 5) is 21.9. The van der Waals surface area contributed by atoms with Crippen LogP contribution in [0, 0.1) is 13.8 Å². The highest BCUT2D eigenvalue weighted by molar-refractivity contribution is 7.99. The number of furan rings is 1. The number of carbonyl (C=O) groups excluding carboxylic acids is 1. The average Bonchev–Trinajstić information content (AvgIpc) is 3.10. The van der Waals surface area contributed by atoms with Crippen LogP contribution in [0.5, 0.6) is 0 Å². The average molecular weight is 396 g/mol. The van der Waals surface area contributed by atoms with Gasteiger partial charge in [-0.3, -0.25) is 14.8 Å². The van der Waals surface area contributed by atoms with Crippen molar-refractivity contribution >= 4 is 17.7 Å². The molecule has 2 heterocycles.